The van der Waals surface area contributed by atoms with Crippen molar-refractivity contribution in [2.24, 2.45) is 5.73 Å². The number of ether oxygens (including phenoxy) is 1. The second-order valence-electron chi connectivity index (χ2n) is 1.77. The van der Waals surface area contributed by atoms with Crippen LogP contribution in [0.3, 0.4) is 0 Å². The number of hydrogen-bond acceptors (Lipinski definition) is 4. The highest BCUT2D eigenvalue weighted by Crippen LogP contribution is 2.01. The van der Waals surface area contributed by atoms with Crippen molar-refractivity contribution in [2.45, 2.75) is 6.54 Å². The van der Waals surface area contributed by atoms with Crippen LogP contribution >= 0.6 is 12.4 Å². The number of nitrogens with two attached hydrogens (primary N) is 1. The highest BCUT2D eigenvalue weighted by molar-refractivity contribution is 5.85. The maximum absolute atomic E-state index is 5.30. The van der Waals surface area contributed by atoms with E-state index < -0.39 is 0 Å². The molecule has 0 aliphatic heterocycles. The molecule has 1 aromatic heterocycles. The van der Waals surface area contributed by atoms with Gasteiger partial charge in [0.25, 0.3) is 0 Å². The number of methoxy groups -OCH3 is 1. The molecule has 0 atom stereocenters. The fourth-order valence-electron chi connectivity index (χ4n) is 0.565. The van der Waals surface area contributed by atoms with E-state index in [1.807, 2.05) is 0 Å². The first-order chi connectivity index (χ1) is 4.86. The first-order valence-electron chi connectivity index (χ1n) is 2.93. The Balaban J connectivity index is 0.000001000. The number of rotatable bonds is 2. The Bertz CT molecular complexity index is 178. The average Bonchev–Trinajstić information content (AvgIpc) is 2.05. The third-order valence-electron chi connectivity index (χ3n) is 1.11. The zero-order valence-electron chi connectivity index (χ0n) is 6.15. The summed E-state index contributed by atoms with van der Waals surface area (Å²) in [7, 11) is 1.55. The first-order valence-corrected chi connectivity index (χ1v) is 2.93. The van der Waals surface area contributed by atoms with Gasteiger partial charge in [-0.15, -0.1) is 17.5 Å². The summed E-state index contributed by atoms with van der Waals surface area (Å²) in [5, 5.41) is 7.48. The van der Waals surface area contributed by atoms with Gasteiger partial charge in [-0.1, -0.05) is 0 Å². The van der Waals surface area contributed by atoms with Crippen LogP contribution in [0, 0.1) is 0 Å². The lowest BCUT2D eigenvalue weighted by atomic mass is 10.4. The quantitative estimate of drug-likeness (QED) is 0.706. The van der Waals surface area contributed by atoms with Crippen molar-refractivity contribution in [1.29, 1.82) is 0 Å². The molecule has 0 radical (unpaired) electrons. The average molecular weight is 176 g/mol. The van der Waals surface area contributed by atoms with Crippen LogP contribution in [0.1, 0.15) is 5.69 Å². The van der Waals surface area contributed by atoms with Gasteiger partial charge in [-0.3, -0.25) is 0 Å². The van der Waals surface area contributed by atoms with E-state index in [1.165, 1.54) is 0 Å². The van der Waals surface area contributed by atoms with Crippen LogP contribution < -0.4 is 10.5 Å². The first kappa shape index (κ1) is 10.1. The van der Waals surface area contributed by atoms with Crippen molar-refractivity contribution in [3.63, 3.8) is 0 Å². The Morgan fingerprint density at radius 2 is 2.18 bits per heavy atom. The van der Waals surface area contributed by atoms with Crippen LogP contribution in [0.15, 0.2) is 12.1 Å². The minimum Gasteiger partial charge on any atom is -0.480 e. The minimum absolute atomic E-state index is 0. The monoisotopic (exact) mass is 175 g/mol. The lowest BCUT2D eigenvalue weighted by Crippen LogP contribution is -2.01. The van der Waals surface area contributed by atoms with E-state index in [4.69, 9.17) is 10.5 Å². The molecule has 0 bridgehead atoms. The lowest BCUT2D eigenvalue weighted by molar-refractivity contribution is 0.391. The summed E-state index contributed by atoms with van der Waals surface area (Å²) in [6.45, 7) is 0.414. The Hall–Kier alpha value is -0.870. The molecular formula is C6H10ClN3O. The van der Waals surface area contributed by atoms with E-state index in [1.54, 1.807) is 19.2 Å². The molecule has 0 saturated heterocycles. The lowest BCUT2D eigenvalue weighted by Gasteiger charge is -1.96. The highest BCUT2D eigenvalue weighted by atomic mass is 35.5. The van der Waals surface area contributed by atoms with E-state index in [2.05, 4.69) is 10.2 Å². The molecule has 1 heterocycles. The van der Waals surface area contributed by atoms with Gasteiger partial charge in [0.05, 0.1) is 12.8 Å². The number of hydrogen-bond donors (Lipinski definition) is 1. The smallest absolute Gasteiger partial charge is 0.233 e. The van der Waals surface area contributed by atoms with Crippen molar-refractivity contribution in [2.75, 3.05) is 7.11 Å². The fourth-order valence-corrected chi connectivity index (χ4v) is 0.565. The normalized spacial score (nSPS) is 8.55. The van der Waals surface area contributed by atoms with Crippen LogP contribution in [0.4, 0.5) is 0 Å². The molecule has 0 unspecified atom stereocenters. The van der Waals surface area contributed by atoms with E-state index in [0.29, 0.717) is 12.4 Å². The molecular weight excluding hydrogens is 166 g/mol. The Morgan fingerprint density at radius 1 is 1.45 bits per heavy atom. The van der Waals surface area contributed by atoms with Crippen molar-refractivity contribution in [3.05, 3.63) is 17.8 Å². The van der Waals surface area contributed by atoms with E-state index in [9.17, 15) is 0 Å². The molecule has 5 heteroatoms. The van der Waals surface area contributed by atoms with Gasteiger partial charge in [-0.25, -0.2) is 0 Å². The molecule has 0 saturated carbocycles. The molecule has 0 fully saturated rings. The molecule has 1 rings (SSSR count). The molecule has 0 aromatic carbocycles. The van der Waals surface area contributed by atoms with Crippen molar-refractivity contribution < 1.29 is 4.74 Å². The van der Waals surface area contributed by atoms with Crippen molar-refractivity contribution in [3.8, 4) is 5.88 Å². The Morgan fingerprint density at radius 3 is 2.55 bits per heavy atom. The van der Waals surface area contributed by atoms with Crippen LogP contribution in [0.2, 0.25) is 0 Å². The maximum Gasteiger partial charge on any atom is 0.233 e. The molecule has 0 amide bonds. The van der Waals surface area contributed by atoms with E-state index in [0.717, 1.165) is 5.69 Å². The Kier molecular flexibility index (Phi) is 4.49. The SMILES string of the molecule is COc1ccc(CN)nn1.Cl. The third-order valence-corrected chi connectivity index (χ3v) is 1.11. The highest BCUT2D eigenvalue weighted by Gasteiger charge is 1.92. The van der Waals surface area contributed by atoms with Gasteiger partial charge >= 0.3 is 0 Å². The predicted octanol–water partition coefficient (Wildman–Crippen LogP) is 0.366. The molecule has 0 aliphatic rings. The standard InChI is InChI=1S/C6H9N3O.ClH/c1-10-6-3-2-5(4-7)8-9-6;/h2-3H,4,7H2,1H3;1H. The van der Waals surface area contributed by atoms with Crippen molar-refractivity contribution >= 4 is 12.4 Å². The molecule has 11 heavy (non-hydrogen) atoms. The number of nitrogens with zero attached hydrogens (tertiary/aromatic N) is 2. The molecule has 4 nitrogen and oxygen atoms in total. The summed E-state index contributed by atoms with van der Waals surface area (Å²) < 4.78 is 4.80. The van der Waals surface area contributed by atoms with E-state index in [-0.39, 0.29) is 12.4 Å². The van der Waals surface area contributed by atoms with Crippen molar-refractivity contribution in [1.82, 2.24) is 10.2 Å². The summed E-state index contributed by atoms with van der Waals surface area (Å²) in [6, 6.07) is 3.51. The minimum atomic E-state index is 0. The third kappa shape index (κ3) is 2.69. The molecule has 2 N–H and O–H groups in total. The predicted molar refractivity (Wildman–Crippen MR) is 43.7 cm³/mol. The Labute approximate surface area is 71.2 Å². The molecule has 1 aromatic rings. The van der Waals surface area contributed by atoms with Crippen LogP contribution in [-0.4, -0.2) is 17.3 Å². The zero-order valence-corrected chi connectivity index (χ0v) is 6.97. The summed E-state index contributed by atoms with van der Waals surface area (Å²) in [6.07, 6.45) is 0. The maximum atomic E-state index is 5.30. The van der Waals surface area contributed by atoms with Crippen LogP contribution in [-0.2, 0) is 6.54 Å². The van der Waals surface area contributed by atoms with Gasteiger partial charge in [-0.2, -0.15) is 5.10 Å². The van der Waals surface area contributed by atoms with Gasteiger partial charge < -0.3 is 10.5 Å². The van der Waals surface area contributed by atoms with Crippen LogP contribution in [0.25, 0.3) is 0 Å². The van der Waals surface area contributed by atoms with Gasteiger partial charge in [0, 0.05) is 12.6 Å². The number of aromatic nitrogens is 2. The zero-order chi connectivity index (χ0) is 7.40. The summed E-state index contributed by atoms with van der Waals surface area (Å²) >= 11 is 0. The van der Waals surface area contributed by atoms with Gasteiger partial charge in [0.2, 0.25) is 5.88 Å². The summed E-state index contributed by atoms with van der Waals surface area (Å²) in [5.41, 5.74) is 6.06. The molecule has 62 valence electrons. The molecule has 0 spiro atoms. The largest absolute Gasteiger partial charge is 0.480 e. The van der Waals surface area contributed by atoms with Gasteiger partial charge in [0.1, 0.15) is 0 Å². The van der Waals surface area contributed by atoms with E-state index >= 15 is 0 Å². The van der Waals surface area contributed by atoms with Gasteiger partial charge in [-0.05, 0) is 6.07 Å². The van der Waals surface area contributed by atoms with Crippen LogP contribution in [0.5, 0.6) is 5.88 Å². The second kappa shape index (κ2) is 4.87. The fraction of sp³-hybridized carbons (Fsp3) is 0.333. The summed E-state index contributed by atoms with van der Waals surface area (Å²) in [4.78, 5) is 0. The topological polar surface area (TPSA) is 61.0 Å². The number of halogens is 1. The molecule has 0 aliphatic carbocycles. The summed E-state index contributed by atoms with van der Waals surface area (Å²) in [5.74, 6) is 0.511. The second-order valence-corrected chi connectivity index (χ2v) is 1.77. The van der Waals surface area contributed by atoms with Gasteiger partial charge in [0.15, 0.2) is 0 Å².